The molecule has 0 spiro atoms. The maximum atomic E-state index is 13.9. The molecule has 0 saturated carbocycles. The van der Waals surface area contributed by atoms with E-state index in [-0.39, 0.29) is 24.6 Å². The summed E-state index contributed by atoms with van der Waals surface area (Å²) in [6.45, 7) is 4.48. The van der Waals surface area contributed by atoms with Gasteiger partial charge in [0.2, 0.25) is 10.0 Å². The van der Waals surface area contributed by atoms with E-state index in [0.29, 0.717) is 12.2 Å². The quantitative estimate of drug-likeness (QED) is 0.907. The maximum Gasteiger partial charge on any atom is 0.246 e. The molecular weight excluding hydrogens is 283 g/mol. The topological polar surface area (TPSA) is 72.6 Å². The first-order valence-electron chi connectivity index (χ1n) is 6.38. The van der Waals surface area contributed by atoms with E-state index < -0.39 is 21.4 Å². The molecule has 1 fully saturated rings. The van der Waals surface area contributed by atoms with Gasteiger partial charge in [-0.1, -0.05) is 6.07 Å². The van der Waals surface area contributed by atoms with Crippen molar-refractivity contribution in [1.29, 1.82) is 0 Å². The second-order valence-corrected chi connectivity index (χ2v) is 7.24. The van der Waals surface area contributed by atoms with E-state index >= 15 is 0 Å². The van der Waals surface area contributed by atoms with Crippen LogP contribution in [0.2, 0.25) is 0 Å². The first-order valence-corrected chi connectivity index (χ1v) is 7.82. The number of ether oxygens (including phenoxy) is 1. The van der Waals surface area contributed by atoms with Crippen molar-refractivity contribution in [1.82, 2.24) is 4.31 Å². The third kappa shape index (κ3) is 2.71. The highest BCUT2D eigenvalue weighted by molar-refractivity contribution is 7.89. The largest absolute Gasteiger partial charge is 0.378 e. The molecule has 0 aromatic heterocycles. The summed E-state index contributed by atoms with van der Waals surface area (Å²) in [5, 5.41) is 0. The lowest BCUT2D eigenvalue weighted by Crippen LogP contribution is -2.55. The van der Waals surface area contributed by atoms with Gasteiger partial charge in [-0.25, -0.2) is 12.8 Å². The van der Waals surface area contributed by atoms with Gasteiger partial charge in [-0.15, -0.1) is 0 Å². The number of nitrogens with two attached hydrogens (primary N) is 1. The minimum absolute atomic E-state index is 0.162. The van der Waals surface area contributed by atoms with Gasteiger partial charge in [0.15, 0.2) is 0 Å². The first kappa shape index (κ1) is 15.4. The van der Waals surface area contributed by atoms with Crippen LogP contribution >= 0.6 is 0 Å². The van der Waals surface area contributed by atoms with Crippen molar-refractivity contribution >= 4 is 10.0 Å². The van der Waals surface area contributed by atoms with Crippen molar-refractivity contribution in [2.45, 2.75) is 30.8 Å². The number of nitrogens with zero attached hydrogens (tertiary/aromatic N) is 1. The number of benzene rings is 1. The molecule has 1 aliphatic heterocycles. The Morgan fingerprint density at radius 1 is 1.45 bits per heavy atom. The van der Waals surface area contributed by atoms with Crippen LogP contribution in [0.25, 0.3) is 0 Å². The van der Waals surface area contributed by atoms with Crippen LogP contribution in [-0.4, -0.2) is 38.0 Å². The third-order valence-corrected chi connectivity index (χ3v) is 5.49. The lowest BCUT2D eigenvalue weighted by molar-refractivity contribution is -0.00779. The smallest absolute Gasteiger partial charge is 0.246 e. The zero-order valence-electron chi connectivity index (χ0n) is 11.6. The molecule has 20 heavy (non-hydrogen) atoms. The van der Waals surface area contributed by atoms with Gasteiger partial charge in [-0.05, 0) is 31.5 Å². The van der Waals surface area contributed by atoms with Crippen LogP contribution in [0.4, 0.5) is 4.39 Å². The Bertz CT molecular complexity index is 602. The Morgan fingerprint density at radius 3 is 2.75 bits per heavy atom. The highest BCUT2D eigenvalue weighted by Gasteiger charge is 2.40. The molecule has 5 nitrogen and oxygen atoms in total. The van der Waals surface area contributed by atoms with Crippen molar-refractivity contribution in [2.24, 2.45) is 5.73 Å². The molecule has 1 saturated heterocycles. The van der Waals surface area contributed by atoms with Gasteiger partial charge in [0, 0.05) is 13.1 Å². The van der Waals surface area contributed by atoms with Crippen molar-refractivity contribution < 1.29 is 17.5 Å². The molecule has 0 unspecified atom stereocenters. The van der Waals surface area contributed by atoms with Crippen LogP contribution in [0.1, 0.15) is 19.4 Å². The highest BCUT2D eigenvalue weighted by atomic mass is 32.2. The van der Waals surface area contributed by atoms with E-state index in [1.807, 2.05) is 0 Å². The van der Waals surface area contributed by atoms with Crippen LogP contribution < -0.4 is 5.73 Å². The molecule has 7 heteroatoms. The predicted molar refractivity (Wildman–Crippen MR) is 73.1 cm³/mol. The number of sulfonamides is 1. The van der Waals surface area contributed by atoms with E-state index in [9.17, 15) is 12.8 Å². The molecule has 1 aliphatic rings. The van der Waals surface area contributed by atoms with Crippen LogP contribution in [0.3, 0.4) is 0 Å². The van der Waals surface area contributed by atoms with Crippen molar-refractivity contribution in [2.75, 3.05) is 19.8 Å². The number of morpholine rings is 1. The Morgan fingerprint density at radius 2 is 2.15 bits per heavy atom. The van der Waals surface area contributed by atoms with Gasteiger partial charge in [0.1, 0.15) is 10.7 Å². The summed E-state index contributed by atoms with van der Waals surface area (Å²) < 4.78 is 45.9. The molecule has 1 heterocycles. The standard InChI is InChI=1S/C13H19FN2O3S/c1-13(2)9-19-6-5-16(13)20(17,18)12-7-10(8-15)3-4-11(12)14/h3-4,7H,5-6,8-9,15H2,1-2H3. The van der Waals surface area contributed by atoms with Crippen LogP contribution in [-0.2, 0) is 21.3 Å². The minimum Gasteiger partial charge on any atom is -0.378 e. The monoisotopic (exact) mass is 302 g/mol. The average Bonchev–Trinajstić information content (AvgIpc) is 2.38. The molecule has 112 valence electrons. The Labute approximate surface area is 118 Å². The Hall–Kier alpha value is -1.02. The van der Waals surface area contributed by atoms with Gasteiger partial charge >= 0.3 is 0 Å². The van der Waals surface area contributed by atoms with E-state index in [2.05, 4.69) is 0 Å². The molecule has 0 radical (unpaired) electrons. The number of hydrogen-bond donors (Lipinski definition) is 1. The van der Waals surface area contributed by atoms with Crippen LogP contribution in [0.15, 0.2) is 23.1 Å². The Balaban J connectivity index is 2.49. The fourth-order valence-corrected chi connectivity index (χ4v) is 4.15. The third-order valence-electron chi connectivity index (χ3n) is 3.37. The predicted octanol–water partition coefficient (Wildman–Crippen LogP) is 1.08. The Kier molecular flexibility index (Phi) is 4.15. The van der Waals surface area contributed by atoms with Crippen molar-refractivity contribution in [3.05, 3.63) is 29.6 Å². The lowest BCUT2D eigenvalue weighted by Gasteiger charge is -2.40. The van der Waals surface area contributed by atoms with Crippen LogP contribution in [0, 0.1) is 5.82 Å². The summed E-state index contributed by atoms with van der Waals surface area (Å²) in [6, 6.07) is 3.93. The van der Waals surface area contributed by atoms with E-state index in [0.717, 1.165) is 6.07 Å². The summed E-state index contributed by atoms with van der Waals surface area (Å²) in [5.41, 5.74) is 5.37. The minimum atomic E-state index is -3.91. The maximum absolute atomic E-state index is 13.9. The molecule has 0 atom stereocenters. The summed E-state index contributed by atoms with van der Waals surface area (Å²) in [6.07, 6.45) is 0. The van der Waals surface area contributed by atoms with E-state index in [1.165, 1.54) is 16.4 Å². The van der Waals surface area contributed by atoms with E-state index in [1.54, 1.807) is 13.8 Å². The highest BCUT2D eigenvalue weighted by Crippen LogP contribution is 2.29. The first-order chi connectivity index (χ1) is 9.29. The van der Waals surface area contributed by atoms with Crippen LogP contribution in [0.5, 0.6) is 0 Å². The molecule has 0 aliphatic carbocycles. The second-order valence-electron chi connectivity index (χ2n) is 5.41. The molecule has 1 aromatic rings. The van der Waals surface area contributed by atoms with Gasteiger partial charge < -0.3 is 10.5 Å². The summed E-state index contributed by atoms with van der Waals surface area (Å²) in [7, 11) is -3.91. The number of hydrogen-bond acceptors (Lipinski definition) is 4. The second kappa shape index (κ2) is 5.40. The van der Waals surface area contributed by atoms with Crippen molar-refractivity contribution in [3.63, 3.8) is 0 Å². The van der Waals surface area contributed by atoms with Crippen molar-refractivity contribution in [3.8, 4) is 0 Å². The zero-order chi connectivity index (χ0) is 15.0. The van der Waals surface area contributed by atoms with Gasteiger partial charge in [-0.3, -0.25) is 0 Å². The van der Waals surface area contributed by atoms with Gasteiger partial charge in [0.05, 0.1) is 18.8 Å². The molecule has 2 rings (SSSR count). The average molecular weight is 302 g/mol. The van der Waals surface area contributed by atoms with Gasteiger partial charge in [-0.2, -0.15) is 4.31 Å². The fraction of sp³-hybridized carbons (Fsp3) is 0.538. The zero-order valence-corrected chi connectivity index (χ0v) is 12.4. The molecular formula is C13H19FN2O3S. The molecule has 0 amide bonds. The normalized spacial score (nSPS) is 20.0. The molecule has 1 aromatic carbocycles. The summed E-state index contributed by atoms with van der Waals surface area (Å²) in [4.78, 5) is -0.324. The lowest BCUT2D eigenvalue weighted by atomic mass is 10.1. The van der Waals surface area contributed by atoms with Gasteiger partial charge in [0.25, 0.3) is 0 Å². The molecule has 0 bridgehead atoms. The molecule has 2 N–H and O–H groups in total. The fourth-order valence-electron chi connectivity index (χ4n) is 2.28. The summed E-state index contributed by atoms with van der Waals surface area (Å²) in [5.74, 6) is -0.760. The SMILES string of the molecule is CC1(C)COCCN1S(=O)(=O)c1cc(CN)ccc1F. The number of halogens is 1. The van der Waals surface area contributed by atoms with E-state index in [4.69, 9.17) is 10.5 Å². The summed E-state index contributed by atoms with van der Waals surface area (Å²) >= 11 is 0. The number of rotatable bonds is 3.